The van der Waals surface area contributed by atoms with Crippen LogP contribution in [0.25, 0.3) is 0 Å². The van der Waals surface area contributed by atoms with Crippen LogP contribution in [0.1, 0.15) is 12.8 Å². The Morgan fingerprint density at radius 2 is 2.09 bits per heavy atom. The second kappa shape index (κ2) is 7.34. The number of carbonyl (C=O) groups excluding carboxylic acids is 1. The highest BCUT2D eigenvalue weighted by Gasteiger charge is 2.26. The Morgan fingerprint density at radius 3 is 2.77 bits per heavy atom. The topological polar surface area (TPSA) is 78.5 Å². The highest BCUT2D eigenvalue weighted by atomic mass is 32.2. The molecule has 1 aliphatic rings. The van der Waals surface area contributed by atoms with Gasteiger partial charge in [-0.2, -0.15) is 0 Å². The number of nitrogens with one attached hydrogen (secondary N) is 2. The monoisotopic (exact) mass is 343 g/mol. The SMILES string of the molecule is CSc1ccccc1NC(=O)N[C@@H]1CCCN(S(C)(=O)=O)C1. The summed E-state index contributed by atoms with van der Waals surface area (Å²) >= 11 is 1.56. The van der Waals surface area contributed by atoms with E-state index in [-0.39, 0.29) is 12.1 Å². The molecule has 1 fully saturated rings. The van der Waals surface area contributed by atoms with Crippen LogP contribution in [-0.4, -0.2) is 50.4 Å². The van der Waals surface area contributed by atoms with E-state index in [1.54, 1.807) is 11.8 Å². The highest BCUT2D eigenvalue weighted by Crippen LogP contribution is 2.24. The molecule has 22 heavy (non-hydrogen) atoms. The summed E-state index contributed by atoms with van der Waals surface area (Å²) in [5.41, 5.74) is 0.753. The molecule has 0 bridgehead atoms. The third-order valence-corrected chi connectivity index (χ3v) is 5.61. The largest absolute Gasteiger partial charge is 0.334 e. The summed E-state index contributed by atoms with van der Waals surface area (Å²) < 4.78 is 24.6. The van der Waals surface area contributed by atoms with Gasteiger partial charge in [-0.15, -0.1) is 11.8 Å². The van der Waals surface area contributed by atoms with Crippen LogP contribution in [0.4, 0.5) is 10.5 Å². The fourth-order valence-electron chi connectivity index (χ4n) is 2.45. The number of benzene rings is 1. The van der Waals surface area contributed by atoms with E-state index in [0.717, 1.165) is 23.4 Å². The van der Waals surface area contributed by atoms with E-state index in [1.807, 2.05) is 30.5 Å². The number of amides is 2. The molecule has 1 heterocycles. The van der Waals surface area contributed by atoms with Crippen molar-refractivity contribution in [3.8, 4) is 0 Å². The predicted molar refractivity (Wildman–Crippen MR) is 89.8 cm³/mol. The van der Waals surface area contributed by atoms with E-state index in [2.05, 4.69) is 10.6 Å². The van der Waals surface area contributed by atoms with Crippen molar-refractivity contribution in [2.75, 3.05) is 30.9 Å². The van der Waals surface area contributed by atoms with Gasteiger partial charge in [0.2, 0.25) is 10.0 Å². The van der Waals surface area contributed by atoms with Crippen LogP contribution >= 0.6 is 11.8 Å². The number of para-hydroxylation sites is 1. The van der Waals surface area contributed by atoms with Crippen molar-refractivity contribution in [2.24, 2.45) is 0 Å². The Morgan fingerprint density at radius 1 is 1.36 bits per heavy atom. The molecule has 0 saturated carbocycles. The van der Waals surface area contributed by atoms with Gasteiger partial charge in [-0.1, -0.05) is 12.1 Å². The Balaban J connectivity index is 1.94. The maximum atomic E-state index is 12.1. The molecular weight excluding hydrogens is 322 g/mol. The number of nitrogens with zero attached hydrogens (tertiary/aromatic N) is 1. The van der Waals surface area contributed by atoms with Crippen LogP contribution in [0.15, 0.2) is 29.2 Å². The molecule has 6 nitrogen and oxygen atoms in total. The minimum Gasteiger partial charge on any atom is -0.334 e. The zero-order valence-corrected chi connectivity index (χ0v) is 14.3. The van der Waals surface area contributed by atoms with E-state index in [4.69, 9.17) is 0 Å². The molecule has 1 aromatic rings. The molecule has 8 heteroatoms. The summed E-state index contributed by atoms with van der Waals surface area (Å²) in [5.74, 6) is 0. The molecule has 122 valence electrons. The van der Waals surface area contributed by atoms with Crippen LogP contribution < -0.4 is 10.6 Å². The fourth-order valence-corrected chi connectivity index (χ4v) is 3.92. The maximum Gasteiger partial charge on any atom is 0.319 e. The van der Waals surface area contributed by atoms with Gasteiger partial charge in [-0.25, -0.2) is 17.5 Å². The van der Waals surface area contributed by atoms with Gasteiger partial charge in [0.05, 0.1) is 11.9 Å². The molecule has 1 atom stereocenters. The molecule has 2 amide bonds. The zero-order chi connectivity index (χ0) is 16.2. The Hall–Kier alpha value is -1.25. The summed E-state index contributed by atoms with van der Waals surface area (Å²) in [6.07, 6.45) is 4.68. The molecule has 0 radical (unpaired) electrons. The number of sulfonamides is 1. The molecule has 1 aliphatic heterocycles. The first-order valence-electron chi connectivity index (χ1n) is 7.06. The number of urea groups is 1. The summed E-state index contributed by atoms with van der Waals surface area (Å²) in [6, 6.07) is 7.09. The third kappa shape index (κ3) is 4.62. The highest BCUT2D eigenvalue weighted by molar-refractivity contribution is 7.98. The van der Waals surface area contributed by atoms with Crippen molar-refractivity contribution in [1.82, 2.24) is 9.62 Å². The number of piperidine rings is 1. The number of anilines is 1. The Labute approximate surface area is 135 Å². The smallest absolute Gasteiger partial charge is 0.319 e. The lowest BCUT2D eigenvalue weighted by molar-refractivity contribution is 0.236. The van der Waals surface area contributed by atoms with Crippen LogP contribution in [0.3, 0.4) is 0 Å². The van der Waals surface area contributed by atoms with Gasteiger partial charge in [0.25, 0.3) is 0 Å². The van der Waals surface area contributed by atoms with Gasteiger partial charge in [0.1, 0.15) is 0 Å². The molecule has 2 rings (SSSR count). The first-order valence-corrected chi connectivity index (χ1v) is 10.1. The van der Waals surface area contributed by atoms with Crippen molar-refractivity contribution in [3.05, 3.63) is 24.3 Å². The van der Waals surface area contributed by atoms with Crippen LogP contribution in [0.2, 0.25) is 0 Å². The summed E-state index contributed by atoms with van der Waals surface area (Å²) in [5, 5.41) is 5.68. The van der Waals surface area contributed by atoms with Crippen molar-refractivity contribution < 1.29 is 13.2 Å². The van der Waals surface area contributed by atoms with Crippen molar-refractivity contribution >= 4 is 33.5 Å². The predicted octanol–water partition coefficient (Wildman–Crippen LogP) is 1.95. The molecule has 0 aromatic heterocycles. The lowest BCUT2D eigenvalue weighted by atomic mass is 10.1. The fraction of sp³-hybridized carbons (Fsp3) is 0.500. The normalized spacial score (nSPS) is 19.6. The van der Waals surface area contributed by atoms with Gasteiger partial charge in [0, 0.05) is 24.0 Å². The lowest BCUT2D eigenvalue weighted by Crippen LogP contribution is -2.50. The van der Waals surface area contributed by atoms with Crippen molar-refractivity contribution in [2.45, 2.75) is 23.8 Å². The van der Waals surface area contributed by atoms with Gasteiger partial charge in [-0.05, 0) is 31.2 Å². The van der Waals surface area contributed by atoms with Crippen molar-refractivity contribution in [1.29, 1.82) is 0 Å². The molecule has 2 N–H and O–H groups in total. The minimum absolute atomic E-state index is 0.162. The van der Waals surface area contributed by atoms with Gasteiger partial charge in [-0.3, -0.25) is 0 Å². The van der Waals surface area contributed by atoms with Gasteiger partial charge < -0.3 is 10.6 Å². The number of hydrogen-bond acceptors (Lipinski definition) is 4. The second-order valence-corrected chi connectivity index (χ2v) is 8.09. The molecule has 0 aliphatic carbocycles. The number of thioether (sulfide) groups is 1. The standard InChI is InChI=1S/C14H21N3O3S2/c1-21-13-8-4-3-7-12(13)16-14(18)15-11-6-5-9-17(10-11)22(2,19)20/h3-4,7-8,11H,5-6,9-10H2,1-2H3,(H2,15,16,18)/t11-/m1/s1. The molecular formula is C14H21N3O3S2. The zero-order valence-electron chi connectivity index (χ0n) is 12.7. The van der Waals surface area contributed by atoms with E-state index in [9.17, 15) is 13.2 Å². The van der Waals surface area contributed by atoms with Crippen LogP contribution in [-0.2, 0) is 10.0 Å². The second-order valence-electron chi connectivity index (χ2n) is 5.26. The maximum absolute atomic E-state index is 12.1. The average Bonchev–Trinajstić information content (AvgIpc) is 2.47. The minimum atomic E-state index is -3.21. The number of rotatable bonds is 4. The van der Waals surface area contributed by atoms with E-state index >= 15 is 0 Å². The quantitative estimate of drug-likeness (QED) is 0.819. The Bertz CT molecular complexity index is 634. The molecule has 0 spiro atoms. The van der Waals surface area contributed by atoms with Crippen LogP contribution in [0, 0.1) is 0 Å². The summed E-state index contributed by atoms with van der Waals surface area (Å²) in [7, 11) is -3.21. The molecule has 1 saturated heterocycles. The van der Waals surface area contributed by atoms with E-state index in [1.165, 1.54) is 10.6 Å². The molecule has 1 aromatic carbocycles. The first-order chi connectivity index (χ1) is 10.4. The lowest BCUT2D eigenvalue weighted by Gasteiger charge is -2.31. The van der Waals surface area contributed by atoms with Crippen LogP contribution in [0.5, 0.6) is 0 Å². The number of hydrogen-bond donors (Lipinski definition) is 2. The van der Waals surface area contributed by atoms with Crippen molar-refractivity contribution in [3.63, 3.8) is 0 Å². The van der Waals surface area contributed by atoms with E-state index in [0.29, 0.717) is 13.1 Å². The van der Waals surface area contributed by atoms with Gasteiger partial charge >= 0.3 is 6.03 Å². The number of carbonyl (C=O) groups is 1. The third-order valence-electron chi connectivity index (χ3n) is 3.54. The first kappa shape index (κ1) is 17.1. The Kier molecular flexibility index (Phi) is 5.71. The van der Waals surface area contributed by atoms with E-state index < -0.39 is 10.0 Å². The van der Waals surface area contributed by atoms with Gasteiger partial charge in [0.15, 0.2) is 0 Å². The average molecular weight is 343 g/mol. The summed E-state index contributed by atoms with van der Waals surface area (Å²) in [6.45, 7) is 0.852. The summed E-state index contributed by atoms with van der Waals surface area (Å²) in [4.78, 5) is 13.1. The molecule has 0 unspecified atom stereocenters.